The summed E-state index contributed by atoms with van der Waals surface area (Å²) in [5.41, 5.74) is 10.9. The highest BCUT2D eigenvalue weighted by Gasteiger charge is 2.22. The minimum absolute atomic E-state index is 0.237. The van der Waals surface area contributed by atoms with E-state index in [1.54, 1.807) is 0 Å². The molecule has 0 aromatic heterocycles. The van der Waals surface area contributed by atoms with E-state index in [1.807, 2.05) is 4.90 Å². The molecule has 0 aromatic carbocycles. The fraction of sp³-hybridized carbons (Fsp3) is 0.778. The molecule has 0 spiro atoms. The van der Waals surface area contributed by atoms with Gasteiger partial charge in [-0.1, -0.05) is 0 Å². The van der Waals surface area contributed by atoms with Crippen molar-refractivity contribution < 1.29 is 0 Å². The molecule has 86 valence electrons. The molecule has 6 heteroatoms. The first-order valence-corrected chi connectivity index (χ1v) is 5.10. The third-order valence-corrected chi connectivity index (χ3v) is 2.69. The van der Waals surface area contributed by atoms with E-state index in [0.29, 0.717) is 12.0 Å². The lowest BCUT2D eigenvalue weighted by molar-refractivity contribution is 0.183. The molecule has 0 aromatic rings. The Kier molecular flexibility index (Phi) is 3.90. The molecule has 1 fully saturated rings. The highest BCUT2D eigenvalue weighted by atomic mass is 15.3. The summed E-state index contributed by atoms with van der Waals surface area (Å²) in [6.07, 6.45) is 2.27. The van der Waals surface area contributed by atoms with Crippen molar-refractivity contribution >= 4 is 11.9 Å². The van der Waals surface area contributed by atoms with Gasteiger partial charge in [-0.3, -0.25) is 5.41 Å². The molecule has 0 bridgehead atoms. The number of nitrogens with zero attached hydrogens (tertiary/aromatic N) is 3. The van der Waals surface area contributed by atoms with Crippen molar-refractivity contribution in [3.8, 4) is 0 Å². The van der Waals surface area contributed by atoms with E-state index in [0.717, 1.165) is 19.5 Å². The first kappa shape index (κ1) is 11.8. The third-order valence-electron chi connectivity index (χ3n) is 2.69. The summed E-state index contributed by atoms with van der Waals surface area (Å²) in [6.45, 7) is 1.75. The molecule has 1 heterocycles. The minimum atomic E-state index is -0.237. The maximum absolute atomic E-state index is 7.05. The summed E-state index contributed by atoms with van der Waals surface area (Å²) in [5.74, 6) is 0.119. The number of aliphatic imine (C=N–C) groups is 1. The van der Waals surface area contributed by atoms with Crippen LogP contribution in [0.4, 0.5) is 0 Å². The Morgan fingerprint density at radius 1 is 1.47 bits per heavy atom. The molecule has 1 rings (SSSR count). The molecule has 1 aliphatic heterocycles. The van der Waals surface area contributed by atoms with Crippen molar-refractivity contribution in [1.82, 2.24) is 9.80 Å². The molecule has 1 saturated heterocycles. The second-order valence-corrected chi connectivity index (χ2v) is 4.06. The van der Waals surface area contributed by atoms with Gasteiger partial charge in [0, 0.05) is 19.1 Å². The van der Waals surface area contributed by atoms with Crippen LogP contribution in [0.1, 0.15) is 12.8 Å². The van der Waals surface area contributed by atoms with Gasteiger partial charge in [-0.25, -0.2) is 0 Å². The van der Waals surface area contributed by atoms with Crippen LogP contribution in [-0.2, 0) is 0 Å². The molecule has 1 unspecified atom stereocenters. The van der Waals surface area contributed by atoms with Crippen LogP contribution >= 0.6 is 0 Å². The average Bonchev–Trinajstić information content (AvgIpc) is 2.17. The Morgan fingerprint density at radius 2 is 2.13 bits per heavy atom. The SMILES string of the molecule is CN(C)C1CCCN(/C(N)=N/C(=N)N)C1. The van der Waals surface area contributed by atoms with Crippen LogP contribution in [0, 0.1) is 5.41 Å². The summed E-state index contributed by atoms with van der Waals surface area (Å²) < 4.78 is 0. The zero-order chi connectivity index (χ0) is 11.4. The van der Waals surface area contributed by atoms with Gasteiger partial charge in [-0.05, 0) is 26.9 Å². The average molecular weight is 212 g/mol. The quantitative estimate of drug-likeness (QED) is 0.392. The first-order chi connectivity index (χ1) is 7.00. The van der Waals surface area contributed by atoms with Gasteiger partial charge >= 0.3 is 0 Å². The third kappa shape index (κ3) is 3.39. The van der Waals surface area contributed by atoms with Crippen molar-refractivity contribution in [2.45, 2.75) is 18.9 Å². The number of hydrogen-bond acceptors (Lipinski definition) is 2. The van der Waals surface area contributed by atoms with E-state index < -0.39 is 0 Å². The van der Waals surface area contributed by atoms with E-state index in [1.165, 1.54) is 6.42 Å². The maximum Gasteiger partial charge on any atom is 0.215 e. The van der Waals surface area contributed by atoms with Crippen LogP contribution in [-0.4, -0.2) is 54.9 Å². The summed E-state index contributed by atoms with van der Waals surface area (Å²) in [4.78, 5) is 7.93. The minimum Gasteiger partial charge on any atom is -0.369 e. The standard InChI is InChI=1S/C9H20N6/c1-14(2)7-4-3-5-15(6-7)9(12)13-8(10)11/h7H,3-6H2,1-2H3,(H5,10,11,12,13). The van der Waals surface area contributed by atoms with Gasteiger partial charge in [-0.15, -0.1) is 0 Å². The number of likely N-dealkylation sites (N-methyl/N-ethyl adjacent to an activating group) is 1. The largest absolute Gasteiger partial charge is 0.369 e. The van der Waals surface area contributed by atoms with Crippen LogP contribution in [0.5, 0.6) is 0 Å². The van der Waals surface area contributed by atoms with Gasteiger partial charge in [0.25, 0.3) is 0 Å². The van der Waals surface area contributed by atoms with Gasteiger partial charge in [0.05, 0.1) is 0 Å². The van der Waals surface area contributed by atoms with E-state index in [9.17, 15) is 0 Å². The van der Waals surface area contributed by atoms with Crippen LogP contribution in [0.25, 0.3) is 0 Å². The summed E-state index contributed by atoms with van der Waals surface area (Å²) in [7, 11) is 4.12. The monoisotopic (exact) mass is 212 g/mol. The van der Waals surface area contributed by atoms with Gasteiger partial charge < -0.3 is 21.3 Å². The Morgan fingerprint density at radius 3 is 2.67 bits per heavy atom. The fourth-order valence-electron chi connectivity index (χ4n) is 1.78. The first-order valence-electron chi connectivity index (χ1n) is 5.10. The fourth-order valence-corrected chi connectivity index (χ4v) is 1.78. The van der Waals surface area contributed by atoms with Crippen molar-refractivity contribution in [1.29, 1.82) is 5.41 Å². The van der Waals surface area contributed by atoms with Crippen molar-refractivity contribution in [2.75, 3.05) is 27.2 Å². The highest BCUT2D eigenvalue weighted by molar-refractivity contribution is 5.91. The number of nitrogens with two attached hydrogens (primary N) is 2. The Hall–Kier alpha value is -1.30. The highest BCUT2D eigenvalue weighted by Crippen LogP contribution is 2.13. The zero-order valence-corrected chi connectivity index (χ0v) is 9.40. The second kappa shape index (κ2) is 4.97. The number of rotatable bonds is 1. The summed E-state index contributed by atoms with van der Waals surface area (Å²) >= 11 is 0. The van der Waals surface area contributed by atoms with Crippen LogP contribution in [0.2, 0.25) is 0 Å². The normalized spacial score (nSPS) is 23.3. The molecule has 0 saturated carbocycles. The van der Waals surface area contributed by atoms with Gasteiger partial charge in [0.2, 0.25) is 5.96 Å². The Bertz CT molecular complexity index is 259. The predicted molar refractivity (Wildman–Crippen MR) is 61.8 cm³/mol. The van der Waals surface area contributed by atoms with Crippen molar-refractivity contribution in [2.24, 2.45) is 16.5 Å². The number of hydrogen-bond donors (Lipinski definition) is 3. The summed E-state index contributed by atoms with van der Waals surface area (Å²) in [5, 5.41) is 7.05. The van der Waals surface area contributed by atoms with E-state index in [-0.39, 0.29) is 5.96 Å². The zero-order valence-electron chi connectivity index (χ0n) is 9.40. The molecule has 0 aliphatic carbocycles. The lowest BCUT2D eigenvalue weighted by Gasteiger charge is -2.36. The van der Waals surface area contributed by atoms with Crippen LogP contribution in [0.3, 0.4) is 0 Å². The Labute approximate surface area is 90.4 Å². The molecule has 0 radical (unpaired) electrons. The van der Waals surface area contributed by atoms with Crippen molar-refractivity contribution in [3.63, 3.8) is 0 Å². The molecular formula is C9H20N6. The van der Waals surface area contributed by atoms with Gasteiger partial charge in [0.1, 0.15) is 0 Å². The lowest BCUT2D eigenvalue weighted by Crippen LogP contribution is -2.50. The molecule has 6 nitrogen and oxygen atoms in total. The molecule has 5 N–H and O–H groups in total. The number of likely N-dealkylation sites (tertiary alicyclic amines) is 1. The number of nitrogens with one attached hydrogen (secondary N) is 1. The molecule has 0 amide bonds. The van der Waals surface area contributed by atoms with E-state index >= 15 is 0 Å². The summed E-state index contributed by atoms with van der Waals surface area (Å²) in [6, 6.07) is 0.499. The second-order valence-electron chi connectivity index (χ2n) is 4.06. The molecular weight excluding hydrogens is 192 g/mol. The van der Waals surface area contributed by atoms with Crippen molar-refractivity contribution in [3.05, 3.63) is 0 Å². The molecule has 1 atom stereocenters. The molecule has 15 heavy (non-hydrogen) atoms. The predicted octanol–water partition coefficient (Wildman–Crippen LogP) is -0.779. The van der Waals surface area contributed by atoms with E-state index in [4.69, 9.17) is 16.9 Å². The maximum atomic E-state index is 7.05. The van der Waals surface area contributed by atoms with E-state index in [2.05, 4.69) is 24.0 Å². The van der Waals surface area contributed by atoms with Gasteiger partial charge in [0.15, 0.2) is 5.96 Å². The van der Waals surface area contributed by atoms with Crippen LogP contribution < -0.4 is 11.5 Å². The molecule has 1 aliphatic rings. The number of guanidine groups is 2. The number of piperidine rings is 1. The Balaban J connectivity index is 2.59. The van der Waals surface area contributed by atoms with Crippen LogP contribution in [0.15, 0.2) is 4.99 Å². The topological polar surface area (TPSA) is 94.7 Å². The van der Waals surface area contributed by atoms with Gasteiger partial charge in [-0.2, -0.15) is 4.99 Å². The lowest BCUT2D eigenvalue weighted by atomic mass is 10.1. The smallest absolute Gasteiger partial charge is 0.215 e.